The van der Waals surface area contributed by atoms with E-state index in [9.17, 15) is 4.79 Å². The number of hydrogen-bond donors (Lipinski definition) is 2. The number of thiophene rings is 1. The minimum Gasteiger partial charge on any atom is -0.497 e. The second kappa shape index (κ2) is 8.54. The number of aryl methyl sites for hydroxylation is 1. The smallest absolute Gasteiger partial charge is 0.259 e. The summed E-state index contributed by atoms with van der Waals surface area (Å²) in [5.41, 5.74) is 3.84. The largest absolute Gasteiger partial charge is 0.497 e. The highest BCUT2D eigenvalue weighted by molar-refractivity contribution is 7.18. The minimum atomic E-state index is 0.0431. The van der Waals surface area contributed by atoms with E-state index in [-0.39, 0.29) is 11.6 Å². The lowest BCUT2D eigenvalue weighted by molar-refractivity contribution is 0.157. The van der Waals surface area contributed by atoms with Crippen molar-refractivity contribution in [3.63, 3.8) is 0 Å². The van der Waals surface area contributed by atoms with Gasteiger partial charge in [0.05, 0.1) is 18.5 Å². The minimum absolute atomic E-state index is 0.0431. The van der Waals surface area contributed by atoms with Gasteiger partial charge >= 0.3 is 0 Å². The van der Waals surface area contributed by atoms with E-state index >= 15 is 0 Å². The van der Waals surface area contributed by atoms with Crippen LogP contribution in [0.25, 0.3) is 21.1 Å². The van der Waals surface area contributed by atoms with Gasteiger partial charge in [-0.15, -0.1) is 11.3 Å². The van der Waals surface area contributed by atoms with Crippen LogP contribution in [-0.2, 0) is 12.8 Å². The number of piperidine rings is 1. The van der Waals surface area contributed by atoms with Gasteiger partial charge in [0.2, 0.25) is 0 Å². The maximum absolute atomic E-state index is 13.1. The first-order chi connectivity index (χ1) is 16.5. The first kappa shape index (κ1) is 21.9. The van der Waals surface area contributed by atoms with E-state index in [1.807, 2.05) is 6.07 Å². The average Bonchev–Trinajstić information content (AvgIpc) is 3.44. The van der Waals surface area contributed by atoms with Crippen LogP contribution in [0, 0.1) is 5.92 Å². The van der Waals surface area contributed by atoms with Crippen molar-refractivity contribution in [2.24, 2.45) is 5.92 Å². The Morgan fingerprint density at radius 2 is 2.06 bits per heavy atom. The molecule has 2 aliphatic rings. The maximum atomic E-state index is 13.1. The molecule has 178 valence electrons. The van der Waals surface area contributed by atoms with Gasteiger partial charge in [-0.05, 0) is 93.3 Å². The molecule has 1 aliphatic carbocycles. The van der Waals surface area contributed by atoms with Crippen molar-refractivity contribution in [2.45, 2.75) is 57.9 Å². The van der Waals surface area contributed by atoms with Crippen molar-refractivity contribution in [3.05, 3.63) is 56.6 Å². The van der Waals surface area contributed by atoms with Crippen molar-refractivity contribution in [2.75, 3.05) is 20.2 Å². The molecule has 0 spiro atoms. The summed E-state index contributed by atoms with van der Waals surface area (Å²) in [6, 6.07) is 6.33. The summed E-state index contributed by atoms with van der Waals surface area (Å²) in [6.45, 7) is 6.46. The first-order valence-corrected chi connectivity index (χ1v) is 13.3. The molecule has 1 aromatic carbocycles. The zero-order chi connectivity index (χ0) is 23.4. The predicted molar refractivity (Wildman–Crippen MR) is 138 cm³/mol. The van der Waals surface area contributed by atoms with Gasteiger partial charge in [-0.2, -0.15) is 0 Å². The zero-order valence-corrected chi connectivity index (χ0v) is 20.9. The van der Waals surface area contributed by atoms with E-state index in [1.165, 1.54) is 21.4 Å². The third-order valence-corrected chi connectivity index (χ3v) is 9.17. The summed E-state index contributed by atoms with van der Waals surface area (Å²) in [6.07, 6.45) is 7.59. The number of hydrogen-bond acceptors (Lipinski definition) is 5. The van der Waals surface area contributed by atoms with Gasteiger partial charge in [0.25, 0.3) is 5.56 Å². The van der Waals surface area contributed by atoms with Gasteiger partial charge < -0.3 is 14.7 Å². The van der Waals surface area contributed by atoms with E-state index in [1.54, 1.807) is 18.4 Å². The number of rotatable bonds is 4. The normalized spacial score (nSPS) is 20.6. The molecule has 0 saturated carbocycles. The highest BCUT2D eigenvalue weighted by atomic mass is 32.1. The lowest BCUT2D eigenvalue weighted by Gasteiger charge is -2.35. The van der Waals surface area contributed by atoms with Gasteiger partial charge in [0, 0.05) is 22.0 Å². The van der Waals surface area contributed by atoms with Crippen LogP contribution < -0.4 is 10.3 Å². The lowest BCUT2D eigenvalue weighted by Crippen LogP contribution is -2.36. The van der Waals surface area contributed by atoms with Gasteiger partial charge in [-0.25, -0.2) is 4.98 Å². The van der Waals surface area contributed by atoms with E-state index < -0.39 is 0 Å². The van der Waals surface area contributed by atoms with Gasteiger partial charge in [-0.3, -0.25) is 9.69 Å². The molecule has 7 heteroatoms. The van der Waals surface area contributed by atoms with E-state index in [4.69, 9.17) is 9.72 Å². The van der Waals surface area contributed by atoms with Crippen LogP contribution in [0.1, 0.15) is 66.9 Å². The van der Waals surface area contributed by atoms with E-state index in [0.717, 1.165) is 72.5 Å². The highest BCUT2D eigenvalue weighted by Gasteiger charge is 2.29. The molecule has 4 heterocycles. The Bertz CT molecular complexity index is 1410. The number of nitrogens with one attached hydrogen (secondary N) is 2. The number of aromatic amines is 2. The van der Waals surface area contributed by atoms with Gasteiger partial charge in [-0.1, -0.05) is 6.92 Å². The number of likely N-dealkylation sites (tertiary alicyclic amines) is 1. The van der Waals surface area contributed by atoms with Crippen LogP contribution in [0.3, 0.4) is 0 Å². The number of ether oxygens (including phenoxy) is 1. The van der Waals surface area contributed by atoms with Crippen LogP contribution in [0.4, 0.5) is 0 Å². The Balaban J connectivity index is 1.21. The molecule has 0 bridgehead atoms. The number of benzene rings is 1. The van der Waals surface area contributed by atoms with Crippen molar-refractivity contribution >= 4 is 32.5 Å². The zero-order valence-electron chi connectivity index (χ0n) is 20.1. The summed E-state index contributed by atoms with van der Waals surface area (Å²) in [5, 5.41) is 2.11. The first-order valence-electron chi connectivity index (χ1n) is 12.5. The Morgan fingerprint density at radius 3 is 2.85 bits per heavy atom. The molecular weight excluding hydrogens is 444 g/mol. The number of aromatic nitrogens is 3. The van der Waals surface area contributed by atoms with Gasteiger partial charge in [0.15, 0.2) is 0 Å². The summed E-state index contributed by atoms with van der Waals surface area (Å²) in [7, 11) is 1.72. The fourth-order valence-electron chi connectivity index (χ4n) is 5.92. The van der Waals surface area contributed by atoms with Crippen molar-refractivity contribution < 1.29 is 4.74 Å². The Kier molecular flexibility index (Phi) is 5.49. The molecule has 2 N–H and O–H groups in total. The van der Waals surface area contributed by atoms with Crippen LogP contribution in [0.2, 0.25) is 0 Å². The summed E-state index contributed by atoms with van der Waals surface area (Å²) in [5.74, 6) is 2.91. The molecule has 1 aliphatic heterocycles. The third-order valence-electron chi connectivity index (χ3n) is 8.02. The summed E-state index contributed by atoms with van der Waals surface area (Å²) in [4.78, 5) is 29.4. The molecule has 2 unspecified atom stereocenters. The monoisotopic (exact) mass is 476 g/mol. The third kappa shape index (κ3) is 3.66. The Labute approximate surface area is 203 Å². The molecule has 34 heavy (non-hydrogen) atoms. The van der Waals surface area contributed by atoms with Gasteiger partial charge in [0.1, 0.15) is 16.4 Å². The van der Waals surface area contributed by atoms with Crippen LogP contribution >= 0.6 is 11.3 Å². The Morgan fingerprint density at radius 1 is 1.24 bits per heavy atom. The SMILES string of the molecule is COc1ccc2[nH]cc(C3CCN(C(C)c4nc5sc6c(c5c(=O)[nH]4)CCC(C)C6)CC3)c2c1. The molecular formula is C27H32N4O2S. The molecule has 0 radical (unpaired) electrons. The quantitative estimate of drug-likeness (QED) is 0.406. The van der Waals surface area contributed by atoms with Crippen LogP contribution in [0.15, 0.2) is 29.2 Å². The fraction of sp³-hybridized carbons (Fsp3) is 0.481. The predicted octanol–water partition coefficient (Wildman–Crippen LogP) is 5.54. The van der Waals surface area contributed by atoms with Crippen molar-refractivity contribution in [3.8, 4) is 5.75 Å². The fourth-order valence-corrected chi connectivity index (χ4v) is 7.31. The number of fused-ring (bicyclic) bond motifs is 4. The van der Waals surface area contributed by atoms with Crippen molar-refractivity contribution in [1.82, 2.24) is 19.9 Å². The number of methoxy groups -OCH3 is 1. The van der Waals surface area contributed by atoms with E-state index in [0.29, 0.717) is 11.8 Å². The standard InChI is InChI=1S/C27H32N4O2S/c1-15-4-6-19-23(12-15)34-27-24(19)26(32)29-25(30-27)16(2)31-10-8-17(9-11-31)21-14-28-22-7-5-18(33-3)13-20(21)22/h5,7,13-17,28H,4,6,8-12H2,1-3H3,(H,29,30,32). The van der Waals surface area contributed by atoms with Crippen LogP contribution in [0.5, 0.6) is 5.75 Å². The Hall–Kier alpha value is -2.64. The lowest BCUT2D eigenvalue weighted by atomic mass is 9.88. The molecule has 1 fully saturated rings. The average molecular weight is 477 g/mol. The molecule has 2 atom stereocenters. The number of nitrogens with zero attached hydrogens (tertiary/aromatic N) is 2. The highest BCUT2D eigenvalue weighted by Crippen LogP contribution is 2.38. The molecule has 0 amide bonds. The molecule has 4 aromatic rings. The maximum Gasteiger partial charge on any atom is 0.259 e. The molecule has 6 nitrogen and oxygen atoms in total. The topological polar surface area (TPSA) is 74.0 Å². The van der Waals surface area contributed by atoms with Crippen molar-refractivity contribution in [1.29, 1.82) is 0 Å². The van der Waals surface area contributed by atoms with E-state index in [2.05, 4.69) is 47.0 Å². The van der Waals surface area contributed by atoms with Crippen LogP contribution in [-0.4, -0.2) is 40.1 Å². The second-order valence-electron chi connectivity index (χ2n) is 10.1. The number of H-pyrrole nitrogens is 2. The summed E-state index contributed by atoms with van der Waals surface area (Å²) >= 11 is 1.74. The molecule has 1 saturated heterocycles. The molecule has 6 rings (SSSR count). The molecule has 3 aromatic heterocycles. The second-order valence-corrected chi connectivity index (χ2v) is 11.2. The summed E-state index contributed by atoms with van der Waals surface area (Å²) < 4.78 is 5.45.